The third kappa shape index (κ3) is 3.43. The van der Waals surface area contributed by atoms with E-state index in [9.17, 15) is 4.79 Å². The molecule has 1 aromatic heterocycles. The molecule has 0 aliphatic carbocycles. The largest absolute Gasteiger partial charge is 0.348 e. The molecule has 1 fully saturated rings. The molecule has 1 atom stereocenters. The Hall–Kier alpha value is -0.140. The first-order valence-electron chi connectivity index (χ1n) is 5.51. The molecule has 5 heteroatoms. The molecule has 1 aromatic rings. The summed E-state index contributed by atoms with van der Waals surface area (Å²) in [4.78, 5) is 11.9. The van der Waals surface area contributed by atoms with Crippen molar-refractivity contribution in [2.75, 3.05) is 13.1 Å². The summed E-state index contributed by atoms with van der Waals surface area (Å²) in [6, 6.07) is 2.22. The maximum Gasteiger partial charge on any atom is 0.252 e. The third-order valence-electron chi connectivity index (χ3n) is 2.71. The molecule has 1 amide bonds. The van der Waals surface area contributed by atoms with E-state index in [0.717, 1.165) is 28.0 Å². The Morgan fingerprint density at radius 2 is 2.44 bits per heavy atom. The van der Waals surface area contributed by atoms with Crippen LogP contribution in [0.4, 0.5) is 0 Å². The molecule has 2 rings (SSSR count). The van der Waals surface area contributed by atoms with E-state index in [1.807, 2.05) is 11.4 Å². The summed E-state index contributed by atoms with van der Waals surface area (Å²) in [6.45, 7) is 1.97. The molecule has 16 heavy (non-hydrogen) atoms. The van der Waals surface area contributed by atoms with Gasteiger partial charge in [0.2, 0.25) is 0 Å². The number of carbonyl (C=O) groups is 1. The first-order chi connectivity index (χ1) is 7.75. The van der Waals surface area contributed by atoms with E-state index in [4.69, 9.17) is 0 Å². The van der Waals surface area contributed by atoms with Crippen molar-refractivity contribution < 1.29 is 4.79 Å². The maximum atomic E-state index is 11.9. The fourth-order valence-corrected chi connectivity index (χ4v) is 3.17. The Kier molecular flexibility index (Phi) is 4.60. The van der Waals surface area contributed by atoms with Crippen molar-refractivity contribution in [3.63, 3.8) is 0 Å². The summed E-state index contributed by atoms with van der Waals surface area (Å²) < 4.78 is 1.15. The minimum Gasteiger partial charge on any atom is -0.348 e. The molecule has 0 bridgehead atoms. The summed E-state index contributed by atoms with van der Waals surface area (Å²) >= 11 is 3.85. The number of amides is 1. The average molecular weight is 350 g/mol. The highest BCUT2D eigenvalue weighted by Gasteiger charge is 2.15. The summed E-state index contributed by atoms with van der Waals surface area (Å²) in [5.41, 5.74) is 0.790. The van der Waals surface area contributed by atoms with E-state index in [0.29, 0.717) is 0 Å². The molecule has 0 spiro atoms. The molecule has 0 saturated carbocycles. The highest BCUT2D eigenvalue weighted by atomic mass is 127. The maximum absolute atomic E-state index is 11.9. The topological polar surface area (TPSA) is 41.1 Å². The van der Waals surface area contributed by atoms with Crippen molar-refractivity contribution in [2.45, 2.75) is 25.3 Å². The Bertz CT molecular complexity index is 359. The summed E-state index contributed by atoms with van der Waals surface area (Å²) in [6.07, 6.45) is 3.49. The van der Waals surface area contributed by atoms with Gasteiger partial charge in [0, 0.05) is 18.0 Å². The first kappa shape index (κ1) is 12.3. The van der Waals surface area contributed by atoms with Gasteiger partial charge in [-0.2, -0.15) is 0 Å². The predicted molar refractivity (Wildman–Crippen MR) is 75.0 cm³/mol. The quantitative estimate of drug-likeness (QED) is 0.804. The van der Waals surface area contributed by atoms with Crippen LogP contribution in [0.15, 0.2) is 11.4 Å². The molecule has 88 valence electrons. The number of nitrogens with one attached hydrogen (secondary N) is 2. The van der Waals surface area contributed by atoms with E-state index in [1.54, 1.807) is 11.3 Å². The van der Waals surface area contributed by atoms with Crippen LogP contribution in [-0.2, 0) is 0 Å². The van der Waals surface area contributed by atoms with Crippen LogP contribution in [0.5, 0.6) is 0 Å². The van der Waals surface area contributed by atoms with Gasteiger partial charge < -0.3 is 10.6 Å². The van der Waals surface area contributed by atoms with Gasteiger partial charge >= 0.3 is 0 Å². The molecule has 0 aromatic carbocycles. The number of thiophene rings is 1. The molecule has 2 N–H and O–H groups in total. The summed E-state index contributed by atoms with van der Waals surface area (Å²) in [5, 5.41) is 8.35. The fraction of sp³-hybridized carbons (Fsp3) is 0.545. The van der Waals surface area contributed by atoms with Crippen LogP contribution in [-0.4, -0.2) is 25.0 Å². The van der Waals surface area contributed by atoms with Crippen LogP contribution in [0, 0.1) is 2.88 Å². The van der Waals surface area contributed by atoms with Gasteiger partial charge in [0.05, 0.1) is 8.45 Å². The zero-order valence-corrected chi connectivity index (χ0v) is 11.9. The van der Waals surface area contributed by atoms with Crippen LogP contribution in [0.1, 0.15) is 29.6 Å². The third-order valence-corrected chi connectivity index (χ3v) is 4.50. The van der Waals surface area contributed by atoms with Crippen molar-refractivity contribution >= 4 is 39.8 Å². The van der Waals surface area contributed by atoms with Crippen molar-refractivity contribution in [3.05, 3.63) is 19.9 Å². The van der Waals surface area contributed by atoms with E-state index in [1.165, 1.54) is 12.8 Å². The molecule has 1 aliphatic rings. The Balaban J connectivity index is 1.90. The zero-order chi connectivity index (χ0) is 11.4. The van der Waals surface area contributed by atoms with Crippen LogP contribution in [0.2, 0.25) is 0 Å². The summed E-state index contributed by atoms with van der Waals surface area (Å²) in [7, 11) is 0. The SMILES string of the molecule is O=C(NC1CCCCNC1)c1csc(I)c1. The highest BCUT2D eigenvalue weighted by molar-refractivity contribution is 14.1. The molecule has 1 unspecified atom stereocenters. The van der Waals surface area contributed by atoms with Crippen molar-refractivity contribution in [1.29, 1.82) is 0 Å². The molecule has 2 heterocycles. The van der Waals surface area contributed by atoms with Gasteiger partial charge in [0.15, 0.2) is 0 Å². The number of rotatable bonds is 2. The minimum absolute atomic E-state index is 0.0628. The van der Waals surface area contributed by atoms with Gasteiger partial charge in [-0.05, 0) is 48.0 Å². The normalized spacial score (nSPS) is 21.4. The predicted octanol–water partition coefficient (Wildman–Crippen LogP) is 2.22. The number of carbonyl (C=O) groups excluding carboxylic acids is 1. The number of hydrogen-bond acceptors (Lipinski definition) is 3. The van der Waals surface area contributed by atoms with Crippen LogP contribution in [0.25, 0.3) is 0 Å². The average Bonchev–Trinajstić information content (AvgIpc) is 2.54. The Morgan fingerprint density at radius 1 is 1.56 bits per heavy atom. The Labute approximate surface area is 113 Å². The van der Waals surface area contributed by atoms with E-state index >= 15 is 0 Å². The standard InChI is InChI=1S/C11H15IN2OS/c12-10-5-8(7-16-10)11(15)14-9-3-1-2-4-13-6-9/h5,7,9,13H,1-4,6H2,(H,14,15). The zero-order valence-electron chi connectivity index (χ0n) is 8.96. The lowest BCUT2D eigenvalue weighted by Gasteiger charge is -2.15. The van der Waals surface area contributed by atoms with Crippen LogP contribution >= 0.6 is 33.9 Å². The Morgan fingerprint density at radius 3 is 3.19 bits per heavy atom. The molecule has 1 aliphatic heterocycles. The second kappa shape index (κ2) is 5.97. The van der Waals surface area contributed by atoms with Gasteiger partial charge in [-0.1, -0.05) is 6.42 Å². The summed E-state index contributed by atoms with van der Waals surface area (Å²) in [5.74, 6) is 0.0628. The molecule has 3 nitrogen and oxygen atoms in total. The van der Waals surface area contributed by atoms with E-state index < -0.39 is 0 Å². The lowest BCUT2D eigenvalue weighted by molar-refractivity contribution is 0.0936. The van der Waals surface area contributed by atoms with Gasteiger partial charge in [-0.15, -0.1) is 11.3 Å². The second-order valence-corrected chi connectivity index (χ2v) is 6.82. The number of hydrogen-bond donors (Lipinski definition) is 2. The molecular weight excluding hydrogens is 335 g/mol. The smallest absolute Gasteiger partial charge is 0.252 e. The van der Waals surface area contributed by atoms with E-state index in [2.05, 4.69) is 33.2 Å². The van der Waals surface area contributed by atoms with Gasteiger partial charge in [0.1, 0.15) is 0 Å². The van der Waals surface area contributed by atoms with E-state index in [-0.39, 0.29) is 11.9 Å². The van der Waals surface area contributed by atoms with Gasteiger partial charge in [-0.3, -0.25) is 4.79 Å². The molecule has 1 saturated heterocycles. The van der Waals surface area contributed by atoms with Crippen LogP contribution in [0.3, 0.4) is 0 Å². The van der Waals surface area contributed by atoms with Crippen molar-refractivity contribution in [2.24, 2.45) is 0 Å². The van der Waals surface area contributed by atoms with Gasteiger partial charge in [0.25, 0.3) is 5.91 Å². The highest BCUT2D eigenvalue weighted by Crippen LogP contribution is 2.16. The van der Waals surface area contributed by atoms with Crippen LogP contribution < -0.4 is 10.6 Å². The van der Waals surface area contributed by atoms with Gasteiger partial charge in [-0.25, -0.2) is 0 Å². The lowest BCUT2D eigenvalue weighted by Crippen LogP contribution is -2.40. The fourth-order valence-electron chi connectivity index (χ4n) is 1.84. The second-order valence-electron chi connectivity index (χ2n) is 4.01. The first-order valence-corrected chi connectivity index (χ1v) is 7.47. The van der Waals surface area contributed by atoms with Crippen molar-refractivity contribution in [3.8, 4) is 0 Å². The van der Waals surface area contributed by atoms with Crippen molar-refractivity contribution in [1.82, 2.24) is 10.6 Å². The minimum atomic E-state index is 0.0628. The monoisotopic (exact) mass is 350 g/mol. The molecule has 0 radical (unpaired) electrons. The number of halogens is 1. The molecular formula is C11H15IN2OS. The lowest BCUT2D eigenvalue weighted by atomic mass is 10.1.